The molecule has 3 rings (SSSR count). The third-order valence-corrected chi connectivity index (χ3v) is 5.43. The van der Waals surface area contributed by atoms with Crippen molar-refractivity contribution < 1.29 is 9.18 Å². The Morgan fingerprint density at radius 1 is 1.21 bits per heavy atom. The molecule has 0 spiro atoms. The highest BCUT2D eigenvalue weighted by Gasteiger charge is 2.36. The van der Waals surface area contributed by atoms with E-state index in [4.69, 9.17) is 23.8 Å². The number of halogens is 2. The third-order valence-electron chi connectivity index (χ3n) is 3.77. The van der Waals surface area contributed by atoms with E-state index in [9.17, 15) is 9.18 Å². The maximum Gasteiger partial charge on any atom is 0.266 e. The normalized spacial score (nSPS) is 17.6. The highest BCUT2D eigenvalue weighted by molar-refractivity contribution is 8.26. The largest absolute Gasteiger partial charge is 0.286 e. The quantitative estimate of drug-likeness (QED) is 0.524. The first-order valence-electron chi connectivity index (χ1n) is 7.25. The Morgan fingerprint density at radius 2 is 1.92 bits per heavy atom. The van der Waals surface area contributed by atoms with Crippen molar-refractivity contribution in [1.82, 2.24) is 4.90 Å². The smallest absolute Gasteiger partial charge is 0.266 e. The van der Waals surface area contributed by atoms with Gasteiger partial charge in [0, 0.05) is 5.56 Å². The second-order valence-electron chi connectivity index (χ2n) is 5.27. The van der Waals surface area contributed by atoms with E-state index in [0.29, 0.717) is 9.23 Å². The number of amides is 1. The summed E-state index contributed by atoms with van der Waals surface area (Å²) in [6, 6.07) is 13.9. The fraction of sp³-hybridized carbons (Fsp3) is 0.111. The van der Waals surface area contributed by atoms with Crippen molar-refractivity contribution in [3.63, 3.8) is 0 Å². The summed E-state index contributed by atoms with van der Waals surface area (Å²) in [5.41, 5.74) is 1.19. The first-order chi connectivity index (χ1) is 11.5. The van der Waals surface area contributed by atoms with Crippen molar-refractivity contribution in [2.75, 3.05) is 0 Å². The summed E-state index contributed by atoms with van der Waals surface area (Å²) in [7, 11) is 0. The summed E-state index contributed by atoms with van der Waals surface area (Å²) in [4.78, 5) is 14.7. The van der Waals surface area contributed by atoms with Crippen molar-refractivity contribution >= 4 is 51.9 Å². The molecule has 2 aromatic rings. The Morgan fingerprint density at radius 3 is 2.58 bits per heavy atom. The van der Waals surface area contributed by atoms with Crippen LogP contribution in [-0.4, -0.2) is 15.1 Å². The van der Waals surface area contributed by atoms with E-state index < -0.39 is 5.82 Å². The maximum atomic E-state index is 14.0. The van der Waals surface area contributed by atoms with E-state index in [2.05, 4.69) is 0 Å². The Balaban J connectivity index is 1.94. The van der Waals surface area contributed by atoms with Crippen LogP contribution in [0, 0.1) is 5.82 Å². The molecule has 2 nitrogen and oxygen atoms in total. The van der Waals surface area contributed by atoms with Crippen LogP contribution in [0.4, 0.5) is 4.39 Å². The Bertz CT molecular complexity index is 818. The number of carbonyl (C=O) groups is 1. The molecule has 1 fully saturated rings. The molecule has 1 heterocycles. The first-order valence-corrected chi connectivity index (χ1v) is 8.85. The van der Waals surface area contributed by atoms with Gasteiger partial charge in [-0.1, -0.05) is 72.0 Å². The highest BCUT2D eigenvalue weighted by Crippen LogP contribution is 2.38. The molecule has 1 aliphatic heterocycles. The van der Waals surface area contributed by atoms with Gasteiger partial charge in [0.25, 0.3) is 5.91 Å². The summed E-state index contributed by atoms with van der Waals surface area (Å²) < 4.78 is 14.4. The number of carbonyl (C=O) groups excluding carboxylic acids is 1. The van der Waals surface area contributed by atoms with E-state index in [1.165, 1.54) is 18.2 Å². The molecule has 2 aromatic carbocycles. The lowest BCUT2D eigenvalue weighted by atomic mass is 10.1. The van der Waals surface area contributed by atoms with Crippen molar-refractivity contribution in [2.45, 2.75) is 13.0 Å². The van der Waals surface area contributed by atoms with Crippen LogP contribution in [0.2, 0.25) is 5.02 Å². The summed E-state index contributed by atoms with van der Waals surface area (Å²) >= 11 is 12.5. The predicted octanol–water partition coefficient (Wildman–Crippen LogP) is 5.44. The zero-order valence-electron chi connectivity index (χ0n) is 12.7. The van der Waals surface area contributed by atoms with Crippen molar-refractivity contribution in [2.24, 2.45) is 0 Å². The summed E-state index contributed by atoms with van der Waals surface area (Å²) in [5.74, 6) is -0.704. The molecule has 1 atom stereocenters. The molecular formula is C18H13ClFNOS2. The Hall–Kier alpha value is -1.69. The molecule has 1 amide bonds. The van der Waals surface area contributed by atoms with Gasteiger partial charge in [0.15, 0.2) is 0 Å². The molecule has 1 aliphatic rings. The fourth-order valence-corrected chi connectivity index (χ4v) is 4.09. The lowest BCUT2D eigenvalue weighted by Gasteiger charge is -2.23. The Labute approximate surface area is 154 Å². The molecule has 24 heavy (non-hydrogen) atoms. The van der Waals surface area contributed by atoms with E-state index >= 15 is 0 Å². The number of rotatable bonds is 3. The standard InChI is InChI=1S/C18H13ClFNOS2/c1-11(12-6-3-2-4-7-12)21-17(22)16(24-18(21)23)10-13-14(19)8-5-9-15(13)20/h2-11H,1H3/b16-10-/t11-/m0/s1. The Kier molecular flexibility index (Phi) is 5.04. The second-order valence-corrected chi connectivity index (χ2v) is 7.36. The number of thiocarbonyl (C=S) groups is 1. The van der Waals surface area contributed by atoms with Crippen molar-refractivity contribution in [3.05, 3.63) is 75.4 Å². The van der Waals surface area contributed by atoms with Gasteiger partial charge < -0.3 is 0 Å². The number of hydrogen-bond donors (Lipinski definition) is 0. The van der Waals surface area contributed by atoms with Crippen LogP contribution in [-0.2, 0) is 4.79 Å². The maximum absolute atomic E-state index is 14.0. The summed E-state index contributed by atoms with van der Waals surface area (Å²) in [5, 5.41) is 0.261. The molecule has 1 saturated heterocycles. The zero-order chi connectivity index (χ0) is 17.3. The average molecular weight is 378 g/mol. The van der Waals surface area contributed by atoms with Crippen LogP contribution in [0.1, 0.15) is 24.1 Å². The monoisotopic (exact) mass is 377 g/mol. The lowest BCUT2D eigenvalue weighted by Crippen LogP contribution is -2.30. The lowest BCUT2D eigenvalue weighted by molar-refractivity contribution is -0.123. The van der Waals surface area contributed by atoms with E-state index in [1.807, 2.05) is 37.3 Å². The molecule has 0 N–H and O–H groups in total. The van der Waals surface area contributed by atoms with E-state index in [0.717, 1.165) is 17.3 Å². The first kappa shape index (κ1) is 17.1. The van der Waals surface area contributed by atoms with Gasteiger partial charge in [-0.15, -0.1) is 0 Å². The molecular weight excluding hydrogens is 365 g/mol. The van der Waals surface area contributed by atoms with Crippen molar-refractivity contribution in [3.8, 4) is 0 Å². The number of thioether (sulfide) groups is 1. The zero-order valence-corrected chi connectivity index (χ0v) is 15.1. The van der Waals surface area contributed by atoms with E-state index in [1.54, 1.807) is 11.0 Å². The topological polar surface area (TPSA) is 20.3 Å². The number of benzene rings is 2. The molecule has 0 bridgehead atoms. The molecule has 0 aliphatic carbocycles. The van der Waals surface area contributed by atoms with Crippen LogP contribution in [0.3, 0.4) is 0 Å². The van der Waals surface area contributed by atoms with Gasteiger partial charge in [-0.2, -0.15) is 0 Å². The molecule has 0 aromatic heterocycles. The van der Waals surface area contributed by atoms with E-state index in [-0.39, 0.29) is 22.5 Å². The fourth-order valence-electron chi connectivity index (χ4n) is 2.47. The minimum atomic E-state index is -0.469. The van der Waals surface area contributed by atoms with Crippen LogP contribution in [0.15, 0.2) is 53.4 Å². The molecule has 0 radical (unpaired) electrons. The molecule has 122 valence electrons. The minimum Gasteiger partial charge on any atom is -0.286 e. The van der Waals surface area contributed by atoms with Gasteiger partial charge in [-0.25, -0.2) is 4.39 Å². The number of nitrogens with zero attached hydrogens (tertiary/aromatic N) is 1. The summed E-state index contributed by atoms with van der Waals surface area (Å²) in [6.45, 7) is 1.92. The van der Waals surface area contributed by atoms with Gasteiger partial charge >= 0.3 is 0 Å². The second kappa shape index (κ2) is 7.05. The molecule has 0 unspecified atom stereocenters. The summed E-state index contributed by atoms with van der Waals surface area (Å²) in [6.07, 6.45) is 1.47. The van der Waals surface area contributed by atoms with Gasteiger partial charge in [-0.3, -0.25) is 9.69 Å². The average Bonchev–Trinajstić information content (AvgIpc) is 2.85. The molecule has 0 saturated carbocycles. The number of hydrogen-bond acceptors (Lipinski definition) is 3. The van der Waals surface area contributed by atoms with Crippen LogP contribution in [0.5, 0.6) is 0 Å². The SMILES string of the molecule is C[C@@H](c1ccccc1)N1C(=O)/C(=C/c2c(F)cccc2Cl)SC1=S. The van der Waals surface area contributed by atoms with Crippen LogP contribution >= 0.6 is 35.6 Å². The van der Waals surface area contributed by atoms with Crippen LogP contribution < -0.4 is 0 Å². The van der Waals surface area contributed by atoms with Crippen molar-refractivity contribution in [1.29, 1.82) is 0 Å². The van der Waals surface area contributed by atoms with Gasteiger partial charge in [0.05, 0.1) is 16.0 Å². The third kappa shape index (κ3) is 3.24. The molecule has 6 heteroatoms. The highest BCUT2D eigenvalue weighted by atomic mass is 35.5. The van der Waals surface area contributed by atoms with Gasteiger partial charge in [0.2, 0.25) is 0 Å². The van der Waals surface area contributed by atoms with Crippen LogP contribution in [0.25, 0.3) is 6.08 Å². The predicted molar refractivity (Wildman–Crippen MR) is 101 cm³/mol. The van der Waals surface area contributed by atoms with Gasteiger partial charge in [0.1, 0.15) is 10.1 Å². The minimum absolute atomic E-state index is 0.194. The van der Waals surface area contributed by atoms with Gasteiger partial charge in [-0.05, 0) is 30.7 Å².